The molecule has 0 aliphatic carbocycles. The topological polar surface area (TPSA) is 60.7 Å². The van der Waals surface area contributed by atoms with Crippen molar-refractivity contribution in [3.8, 4) is 0 Å². The van der Waals surface area contributed by atoms with Crippen molar-refractivity contribution in [1.82, 2.24) is 4.57 Å². The van der Waals surface area contributed by atoms with Gasteiger partial charge >= 0.3 is 5.97 Å². The van der Waals surface area contributed by atoms with E-state index in [1.807, 2.05) is 34.3 Å². The molecule has 162 valence electrons. The fourth-order valence-electron chi connectivity index (χ4n) is 3.45. The SMILES string of the molecule is CC(C)(C)OC(=O)c1ccccc1C(=O)/N=c1\sccn1Cc1cccc2ccccc12. The fraction of sp³-hybridized carbons (Fsp3) is 0.192. The summed E-state index contributed by atoms with van der Waals surface area (Å²) in [4.78, 5) is 30.6. The molecular weight excluding hydrogens is 420 g/mol. The zero-order valence-corrected chi connectivity index (χ0v) is 19.1. The zero-order chi connectivity index (χ0) is 22.7. The van der Waals surface area contributed by atoms with Crippen molar-refractivity contribution in [2.45, 2.75) is 32.9 Å². The number of ether oxygens (including phenoxy) is 1. The Labute approximate surface area is 190 Å². The predicted molar refractivity (Wildman–Crippen MR) is 127 cm³/mol. The molecule has 0 aliphatic rings. The van der Waals surface area contributed by atoms with E-state index in [2.05, 4.69) is 29.3 Å². The molecule has 0 saturated heterocycles. The first kappa shape index (κ1) is 21.7. The van der Waals surface area contributed by atoms with E-state index in [1.165, 1.54) is 22.1 Å². The molecule has 3 aromatic carbocycles. The first-order valence-corrected chi connectivity index (χ1v) is 11.2. The summed E-state index contributed by atoms with van der Waals surface area (Å²) >= 11 is 1.38. The van der Waals surface area contributed by atoms with Gasteiger partial charge in [0, 0.05) is 11.6 Å². The molecular formula is C26H24N2O3S. The number of hydrogen-bond donors (Lipinski definition) is 0. The Kier molecular flexibility index (Phi) is 6.06. The highest BCUT2D eigenvalue weighted by molar-refractivity contribution is 7.07. The van der Waals surface area contributed by atoms with E-state index in [1.54, 1.807) is 45.0 Å². The highest BCUT2D eigenvalue weighted by Crippen LogP contribution is 2.20. The Morgan fingerprint density at radius 3 is 2.41 bits per heavy atom. The molecule has 5 nitrogen and oxygen atoms in total. The maximum atomic E-state index is 13.0. The van der Waals surface area contributed by atoms with Crippen LogP contribution < -0.4 is 4.80 Å². The van der Waals surface area contributed by atoms with E-state index in [0.717, 1.165) is 5.56 Å². The summed E-state index contributed by atoms with van der Waals surface area (Å²) < 4.78 is 7.40. The van der Waals surface area contributed by atoms with E-state index in [4.69, 9.17) is 4.74 Å². The van der Waals surface area contributed by atoms with Crippen LogP contribution >= 0.6 is 11.3 Å². The smallest absolute Gasteiger partial charge is 0.339 e. The van der Waals surface area contributed by atoms with Crippen LogP contribution in [0.3, 0.4) is 0 Å². The number of rotatable bonds is 4. The molecule has 4 aromatic rings. The Morgan fingerprint density at radius 2 is 1.62 bits per heavy atom. The first-order valence-electron chi connectivity index (χ1n) is 10.3. The lowest BCUT2D eigenvalue weighted by atomic mass is 10.0. The molecule has 0 N–H and O–H groups in total. The molecule has 0 saturated carbocycles. The van der Waals surface area contributed by atoms with Gasteiger partial charge in [0.1, 0.15) is 5.60 Å². The van der Waals surface area contributed by atoms with Gasteiger partial charge in [0.25, 0.3) is 5.91 Å². The number of fused-ring (bicyclic) bond motifs is 1. The number of nitrogens with zero attached hydrogens (tertiary/aromatic N) is 2. The number of benzene rings is 3. The predicted octanol–water partition coefficient (Wildman–Crippen LogP) is 5.45. The molecule has 0 aliphatic heterocycles. The molecule has 0 atom stereocenters. The number of thiazole rings is 1. The van der Waals surface area contributed by atoms with Gasteiger partial charge in [-0.2, -0.15) is 4.99 Å². The lowest BCUT2D eigenvalue weighted by molar-refractivity contribution is 0.00677. The monoisotopic (exact) mass is 444 g/mol. The first-order chi connectivity index (χ1) is 15.3. The Morgan fingerprint density at radius 1 is 0.938 bits per heavy atom. The maximum absolute atomic E-state index is 13.0. The highest BCUT2D eigenvalue weighted by atomic mass is 32.1. The molecule has 0 radical (unpaired) electrons. The summed E-state index contributed by atoms with van der Waals surface area (Å²) in [5.41, 5.74) is 0.935. The van der Waals surface area contributed by atoms with E-state index >= 15 is 0 Å². The van der Waals surface area contributed by atoms with Gasteiger partial charge in [0.2, 0.25) is 0 Å². The van der Waals surface area contributed by atoms with Crippen LogP contribution in [-0.4, -0.2) is 22.0 Å². The lowest BCUT2D eigenvalue weighted by Gasteiger charge is -2.20. The average Bonchev–Trinajstić information content (AvgIpc) is 3.19. The van der Waals surface area contributed by atoms with Gasteiger partial charge in [-0.3, -0.25) is 4.79 Å². The minimum atomic E-state index is -0.653. The van der Waals surface area contributed by atoms with E-state index in [9.17, 15) is 9.59 Å². The van der Waals surface area contributed by atoms with Crippen LogP contribution in [0.1, 0.15) is 47.1 Å². The second kappa shape index (κ2) is 8.93. The largest absolute Gasteiger partial charge is 0.456 e. The zero-order valence-electron chi connectivity index (χ0n) is 18.2. The van der Waals surface area contributed by atoms with Crippen molar-refractivity contribution >= 4 is 34.0 Å². The Hall–Kier alpha value is -3.51. The number of esters is 1. The van der Waals surface area contributed by atoms with E-state index in [0.29, 0.717) is 11.3 Å². The number of amides is 1. The van der Waals surface area contributed by atoms with E-state index in [-0.39, 0.29) is 11.1 Å². The number of carbonyl (C=O) groups excluding carboxylic acids is 2. The van der Waals surface area contributed by atoms with Crippen LogP contribution in [0.25, 0.3) is 10.8 Å². The standard InChI is InChI=1S/C26H24N2O3S/c1-26(2,3)31-24(30)22-14-7-6-13-21(22)23(29)27-25-28(15-16-32-25)17-19-11-8-10-18-9-4-5-12-20(18)19/h4-16H,17H2,1-3H3/b27-25-. The quantitative estimate of drug-likeness (QED) is 0.393. The summed E-state index contributed by atoms with van der Waals surface area (Å²) in [5, 5.41) is 4.24. The van der Waals surface area contributed by atoms with Crippen molar-refractivity contribution in [2.75, 3.05) is 0 Å². The third kappa shape index (κ3) is 4.86. The highest BCUT2D eigenvalue weighted by Gasteiger charge is 2.22. The molecule has 1 heterocycles. The maximum Gasteiger partial charge on any atom is 0.339 e. The lowest BCUT2D eigenvalue weighted by Crippen LogP contribution is -2.25. The molecule has 1 amide bonds. The van der Waals surface area contributed by atoms with Gasteiger partial charge in [-0.15, -0.1) is 11.3 Å². The molecule has 4 rings (SSSR count). The summed E-state index contributed by atoms with van der Waals surface area (Å²) in [6, 6.07) is 21.0. The summed E-state index contributed by atoms with van der Waals surface area (Å²) in [6.45, 7) is 5.97. The summed E-state index contributed by atoms with van der Waals surface area (Å²) in [5.74, 6) is -1.01. The Balaban J connectivity index is 1.67. The van der Waals surface area contributed by atoms with Gasteiger partial charge < -0.3 is 9.30 Å². The second-order valence-electron chi connectivity index (χ2n) is 8.42. The summed E-state index contributed by atoms with van der Waals surface area (Å²) in [6.07, 6.45) is 1.92. The van der Waals surface area contributed by atoms with Gasteiger partial charge in [-0.25, -0.2) is 4.79 Å². The van der Waals surface area contributed by atoms with Crippen LogP contribution in [-0.2, 0) is 11.3 Å². The average molecular weight is 445 g/mol. The minimum Gasteiger partial charge on any atom is -0.456 e. The molecule has 0 unspecified atom stereocenters. The molecule has 0 fully saturated rings. The van der Waals surface area contributed by atoms with Crippen LogP contribution in [0.4, 0.5) is 0 Å². The van der Waals surface area contributed by atoms with Gasteiger partial charge in [-0.05, 0) is 49.2 Å². The van der Waals surface area contributed by atoms with Crippen molar-refractivity contribution in [2.24, 2.45) is 4.99 Å². The molecule has 1 aromatic heterocycles. The third-order valence-corrected chi connectivity index (χ3v) is 5.65. The van der Waals surface area contributed by atoms with E-state index < -0.39 is 17.5 Å². The van der Waals surface area contributed by atoms with Crippen LogP contribution in [0.15, 0.2) is 83.3 Å². The second-order valence-corrected chi connectivity index (χ2v) is 9.29. The number of hydrogen-bond acceptors (Lipinski definition) is 4. The van der Waals surface area contributed by atoms with Gasteiger partial charge in [0.15, 0.2) is 4.80 Å². The van der Waals surface area contributed by atoms with Crippen LogP contribution in [0, 0.1) is 0 Å². The molecule has 0 bridgehead atoms. The third-order valence-electron chi connectivity index (χ3n) is 4.85. The summed E-state index contributed by atoms with van der Waals surface area (Å²) in [7, 11) is 0. The van der Waals surface area contributed by atoms with Gasteiger partial charge in [-0.1, -0.05) is 54.6 Å². The molecule has 0 spiro atoms. The normalized spacial score (nSPS) is 12.2. The number of carbonyl (C=O) groups is 2. The van der Waals surface area contributed by atoms with Gasteiger partial charge in [0.05, 0.1) is 17.7 Å². The van der Waals surface area contributed by atoms with Crippen molar-refractivity contribution in [1.29, 1.82) is 0 Å². The molecule has 6 heteroatoms. The number of aromatic nitrogens is 1. The van der Waals surface area contributed by atoms with Crippen LogP contribution in [0.2, 0.25) is 0 Å². The molecule has 32 heavy (non-hydrogen) atoms. The Bertz CT molecular complexity index is 1350. The van der Waals surface area contributed by atoms with Crippen LogP contribution in [0.5, 0.6) is 0 Å². The fourth-order valence-corrected chi connectivity index (χ4v) is 4.17. The van der Waals surface area contributed by atoms with Crippen molar-refractivity contribution < 1.29 is 14.3 Å². The van der Waals surface area contributed by atoms with Crippen molar-refractivity contribution in [3.05, 3.63) is 99.8 Å². The minimum absolute atomic E-state index is 0.216. The van der Waals surface area contributed by atoms with Crippen molar-refractivity contribution in [3.63, 3.8) is 0 Å².